The number of alkyl halides is 1. The van der Waals surface area contributed by atoms with Crippen molar-refractivity contribution in [2.45, 2.75) is 51.4 Å². The molecule has 5 heteroatoms. The molecule has 0 fully saturated rings. The lowest BCUT2D eigenvalue weighted by atomic mass is 10.1. The molecular weight excluding hydrogens is 302 g/mol. The lowest BCUT2D eigenvalue weighted by Gasteiger charge is -1.99. The molecule has 0 aliphatic carbocycles. The Labute approximate surface area is 119 Å². The van der Waals surface area contributed by atoms with Gasteiger partial charge in [0.1, 0.15) is 0 Å². The third-order valence-electron chi connectivity index (χ3n) is 2.17. The van der Waals surface area contributed by atoms with Crippen LogP contribution in [-0.4, -0.2) is 11.9 Å². The standard InChI is InChI=1S/C11H18Cl4Si/c12-10-8-6-4-2-1-3-5-7-9-11-16(13,14)15/h1-8,10H2. The first-order valence-corrected chi connectivity index (χ1v) is 11.3. The highest BCUT2D eigenvalue weighted by Gasteiger charge is 2.20. The third-order valence-corrected chi connectivity index (χ3v) is 3.74. The topological polar surface area (TPSA) is 0 Å². The summed E-state index contributed by atoms with van der Waals surface area (Å²) in [4.78, 5) is 0. The summed E-state index contributed by atoms with van der Waals surface area (Å²) in [5.41, 5.74) is 2.71. The second kappa shape index (κ2) is 11.1. The molecule has 0 saturated heterocycles. The van der Waals surface area contributed by atoms with Gasteiger partial charge in [0, 0.05) is 12.3 Å². The van der Waals surface area contributed by atoms with Crippen LogP contribution in [0.2, 0.25) is 0 Å². The summed E-state index contributed by atoms with van der Waals surface area (Å²) in [6, 6.07) is -2.70. The predicted molar refractivity (Wildman–Crippen MR) is 78.7 cm³/mol. The van der Waals surface area contributed by atoms with Gasteiger partial charge in [-0.05, 0) is 12.8 Å². The van der Waals surface area contributed by atoms with Gasteiger partial charge in [-0.15, -0.1) is 50.8 Å². The molecule has 0 heterocycles. The molecule has 0 atom stereocenters. The van der Waals surface area contributed by atoms with Crippen molar-refractivity contribution in [1.29, 1.82) is 0 Å². The highest BCUT2D eigenvalue weighted by molar-refractivity contribution is 7.67. The molecule has 0 spiro atoms. The minimum Gasteiger partial charge on any atom is -0.127 e. The van der Waals surface area contributed by atoms with Crippen molar-refractivity contribution in [2.24, 2.45) is 0 Å². The normalized spacial score (nSPS) is 11.0. The molecule has 0 aliphatic heterocycles. The van der Waals surface area contributed by atoms with Crippen molar-refractivity contribution in [3.05, 3.63) is 0 Å². The largest absolute Gasteiger partial charge is 0.422 e. The van der Waals surface area contributed by atoms with Gasteiger partial charge in [0.15, 0.2) is 0 Å². The van der Waals surface area contributed by atoms with Crippen molar-refractivity contribution < 1.29 is 0 Å². The molecule has 0 aromatic heterocycles. The first-order valence-electron chi connectivity index (χ1n) is 5.69. The molecule has 0 N–H and O–H groups in total. The van der Waals surface area contributed by atoms with Crippen LogP contribution in [0.5, 0.6) is 0 Å². The Morgan fingerprint density at radius 2 is 1.25 bits per heavy atom. The van der Waals surface area contributed by atoms with Gasteiger partial charge >= 0.3 is 6.00 Å². The highest BCUT2D eigenvalue weighted by atomic mass is 35.8. The summed E-state index contributed by atoms with van der Waals surface area (Å²) in [5.74, 6) is 3.72. The number of hydrogen-bond donors (Lipinski definition) is 0. The van der Waals surface area contributed by atoms with Crippen molar-refractivity contribution in [1.82, 2.24) is 0 Å². The quantitative estimate of drug-likeness (QED) is 0.181. The Morgan fingerprint density at radius 3 is 1.75 bits per heavy atom. The van der Waals surface area contributed by atoms with E-state index in [0.717, 1.165) is 25.1 Å². The zero-order chi connectivity index (χ0) is 12.3. The van der Waals surface area contributed by atoms with Gasteiger partial charge < -0.3 is 0 Å². The van der Waals surface area contributed by atoms with E-state index >= 15 is 0 Å². The first kappa shape index (κ1) is 16.9. The molecule has 0 unspecified atom stereocenters. The molecule has 0 saturated carbocycles. The van der Waals surface area contributed by atoms with Crippen LogP contribution < -0.4 is 0 Å². The minimum atomic E-state index is -2.70. The van der Waals surface area contributed by atoms with Crippen LogP contribution in [0.25, 0.3) is 0 Å². The van der Waals surface area contributed by atoms with Gasteiger partial charge in [-0.25, -0.2) is 0 Å². The zero-order valence-electron chi connectivity index (χ0n) is 9.38. The maximum absolute atomic E-state index is 5.63. The minimum absolute atomic E-state index is 0.788. The van der Waals surface area contributed by atoms with Crippen molar-refractivity contribution in [3.8, 4) is 11.5 Å². The van der Waals surface area contributed by atoms with Crippen molar-refractivity contribution in [2.75, 3.05) is 5.88 Å². The smallest absolute Gasteiger partial charge is 0.127 e. The first-order chi connectivity index (χ1) is 7.56. The van der Waals surface area contributed by atoms with Gasteiger partial charge in [-0.1, -0.05) is 37.6 Å². The van der Waals surface area contributed by atoms with Gasteiger partial charge in [0.25, 0.3) is 0 Å². The van der Waals surface area contributed by atoms with Crippen LogP contribution in [0.3, 0.4) is 0 Å². The summed E-state index contributed by atoms with van der Waals surface area (Å²) >= 11 is 22.5. The molecule has 0 radical (unpaired) electrons. The van der Waals surface area contributed by atoms with E-state index in [1.807, 2.05) is 0 Å². The molecular formula is C11H18Cl4Si. The van der Waals surface area contributed by atoms with Gasteiger partial charge in [0.2, 0.25) is 0 Å². The predicted octanol–water partition coefficient (Wildman–Crippen LogP) is 5.54. The molecule has 0 amide bonds. The molecule has 0 aliphatic rings. The average Bonchev–Trinajstić information content (AvgIpc) is 2.19. The Morgan fingerprint density at radius 1 is 0.750 bits per heavy atom. The summed E-state index contributed by atoms with van der Waals surface area (Å²) in [5, 5.41) is 0. The molecule has 0 bridgehead atoms. The molecule has 0 rings (SSSR count). The molecule has 94 valence electrons. The number of hydrogen-bond acceptors (Lipinski definition) is 0. The second-order valence-electron chi connectivity index (χ2n) is 3.71. The van der Waals surface area contributed by atoms with Gasteiger partial charge in [0.05, 0.1) is 0 Å². The van der Waals surface area contributed by atoms with Crippen molar-refractivity contribution in [3.63, 3.8) is 0 Å². The molecule has 0 nitrogen and oxygen atoms in total. The SMILES string of the molecule is ClCCCCCCCCCC#C[Si](Cl)(Cl)Cl. The lowest BCUT2D eigenvalue weighted by Crippen LogP contribution is -2.04. The molecule has 16 heavy (non-hydrogen) atoms. The van der Waals surface area contributed by atoms with Crippen LogP contribution in [-0.2, 0) is 0 Å². The van der Waals surface area contributed by atoms with Crippen LogP contribution in [0.4, 0.5) is 0 Å². The maximum Gasteiger partial charge on any atom is 0.422 e. The van der Waals surface area contributed by atoms with E-state index in [4.69, 9.17) is 44.8 Å². The zero-order valence-corrected chi connectivity index (χ0v) is 13.4. The maximum atomic E-state index is 5.63. The number of rotatable bonds is 8. The van der Waals surface area contributed by atoms with Gasteiger partial charge in [-0.3, -0.25) is 0 Å². The lowest BCUT2D eigenvalue weighted by molar-refractivity contribution is 0.595. The Kier molecular flexibility index (Phi) is 11.7. The molecule has 0 aromatic carbocycles. The summed E-state index contributed by atoms with van der Waals surface area (Å²) in [6.07, 6.45) is 9.43. The van der Waals surface area contributed by atoms with Crippen LogP contribution in [0.15, 0.2) is 0 Å². The van der Waals surface area contributed by atoms with E-state index in [9.17, 15) is 0 Å². The summed E-state index contributed by atoms with van der Waals surface area (Å²) in [6.45, 7) is 0. The number of unbranched alkanes of at least 4 members (excludes halogenated alkanes) is 7. The van der Waals surface area contributed by atoms with Gasteiger partial charge in [-0.2, -0.15) is 0 Å². The Bertz CT molecular complexity index is 214. The third kappa shape index (κ3) is 14.9. The van der Waals surface area contributed by atoms with Crippen LogP contribution in [0.1, 0.15) is 51.4 Å². The second-order valence-corrected chi connectivity index (χ2v) is 12.2. The van der Waals surface area contributed by atoms with E-state index < -0.39 is 6.00 Å². The fourth-order valence-corrected chi connectivity index (χ4v) is 2.47. The van der Waals surface area contributed by atoms with Crippen LogP contribution >= 0.6 is 44.8 Å². The van der Waals surface area contributed by atoms with E-state index in [1.165, 1.54) is 32.1 Å². The Balaban J connectivity index is 3.18. The van der Waals surface area contributed by atoms with E-state index in [-0.39, 0.29) is 0 Å². The fraction of sp³-hybridized carbons (Fsp3) is 0.818. The van der Waals surface area contributed by atoms with E-state index in [2.05, 4.69) is 11.5 Å². The summed E-state index contributed by atoms with van der Waals surface area (Å²) < 4.78 is 0. The van der Waals surface area contributed by atoms with E-state index in [0.29, 0.717) is 0 Å². The monoisotopic (exact) mass is 318 g/mol. The Hall–Kier alpha value is 0.937. The highest BCUT2D eigenvalue weighted by Crippen LogP contribution is 2.17. The van der Waals surface area contributed by atoms with Crippen LogP contribution in [0, 0.1) is 11.5 Å². The molecule has 0 aromatic rings. The average molecular weight is 320 g/mol. The summed E-state index contributed by atoms with van der Waals surface area (Å²) in [7, 11) is 0. The van der Waals surface area contributed by atoms with Crippen molar-refractivity contribution >= 4 is 50.8 Å². The van der Waals surface area contributed by atoms with E-state index in [1.54, 1.807) is 0 Å². The number of halogens is 4. The fourth-order valence-electron chi connectivity index (χ4n) is 1.35.